The molecule has 7 aromatic rings. The fourth-order valence-corrected chi connectivity index (χ4v) is 5.05. The van der Waals surface area contributed by atoms with E-state index in [-0.39, 0.29) is 141 Å². The van der Waals surface area contributed by atoms with Crippen LogP contribution >= 0.6 is 0 Å². The zero-order valence-electron chi connectivity index (χ0n) is 33.6. The van der Waals surface area contributed by atoms with Gasteiger partial charge in [-0.25, -0.2) is 0 Å². The number of carbonyl (C=O) groups excluding carboxylic acids is 4. The summed E-state index contributed by atoms with van der Waals surface area (Å²) in [5.41, 5.74) is 3.37. The smallest absolute Gasteiger partial charge is 0.872 e. The van der Waals surface area contributed by atoms with Gasteiger partial charge < -0.3 is 25.2 Å². The molecular formula is C52H38EuKO8. The molecule has 0 amide bonds. The third kappa shape index (κ3) is 19.3. The Morgan fingerprint density at radius 3 is 0.597 bits per heavy atom. The minimum Gasteiger partial charge on any atom is -0.872 e. The quantitative estimate of drug-likeness (QED) is 0.0865. The molecule has 0 saturated carbocycles. The van der Waals surface area contributed by atoms with Gasteiger partial charge in [0.05, 0.1) is 5.97 Å². The second-order valence-corrected chi connectivity index (χ2v) is 12.5. The maximum atomic E-state index is 11.8. The van der Waals surface area contributed by atoms with Crippen molar-refractivity contribution in [3.63, 3.8) is 0 Å². The van der Waals surface area contributed by atoms with Gasteiger partial charge in [0.25, 0.3) is 0 Å². The summed E-state index contributed by atoms with van der Waals surface area (Å²) >= 11 is 0. The first kappa shape index (κ1) is 53.0. The Kier molecular flexibility index (Phi) is 25.6. The molecule has 8 nitrogen and oxygen atoms in total. The van der Waals surface area contributed by atoms with Crippen molar-refractivity contribution in [2.75, 3.05) is 0 Å². The minimum atomic E-state index is -1.13. The predicted octanol–water partition coefficient (Wildman–Crippen LogP) is 3.87. The predicted molar refractivity (Wildman–Crippen MR) is 226 cm³/mol. The Bertz CT molecular complexity index is 2250. The zero-order chi connectivity index (χ0) is 43.0. The number of benzene rings is 7. The summed E-state index contributed by atoms with van der Waals surface area (Å²) in [4.78, 5) is 45.3. The van der Waals surface area contributed by atoms with Crippen molar-refractivity contribution in [2.45, 2.75) is 0 Å². The molecule has 0 bridgehead atoms. The number of hydrogen-bond acceptors (Lipinski definition) is 8. The monoisotopic (exact) mass is 982 g/mol. The Labute approximate surface area is 444 Å². The topological polar surface area (TPSA) is 161 Å². The van der Waals surface area contributed by atoms with Gasteiger partial charge in [0, 0.05) is 16.7 Å². The first-order valence-corrected chi connectivity index (χ1v) is 18.5. The molecule has 302 valence electrons. The van der Waals surface area contributed by atoms with Gasteiger partial charge in [-0.15, -0.1) is 0 Å². The van der Waals surface area contributed by atoms with Crippen molar-refractivity contribution >= 4 is 40.6 Å². The molecule has 0 aromatic heterocycles. The number of rotatable bonds is 10. The average molecular weight is 982 g/mol. The summed E-state index contributed by atoms with van der Waals surface area (Å²) in [5.74, 6) is -2.72. The Hall–Kier alpha value is -5.14. The molecule has 0 saturated heterocycles. The Morgan fingerprint density at radius 2 is 0.435 bits per heavy atom. The summed E-state index contributed by atoms with van der Waals surface area (Å²) in [6.45, 7) is 0. The van der Waals surface area contributed by atoms with Gasteiger partial charge in [-0.3, -0.25) is 14.4 Å². The molecule has 0 unspecified atom stereocenters. The third-order valence-electron chi connectivity index (χ3n) is 8.15. The largest absolute Gasteiger partial charge is 3.00 e. The number of ketones is 3. The molecule has 7 rings (SSSR count). The van der Waals surface area contributed by atoms with Crippen LogP contribution in [-0.4, -0.2) is 23.3 Å². The molecule has 0 spiro atoms. The number of carboxylic acids is 1. The Morgan fingerprint density at radius 1 is 0.274 bits per heavy atom. The van der Waals surface area contributed by atoms with E-state index in [0.29, 0.717) is 33.4 Å². The molecular weight excluding hydrogens is 944 g/mol. The Balaban J connectivity index is 0.000000288. The molecule has 62 heavy (non-hydrogen) atoms. The molecule has 10 heteroatoms. The standard InChI is InChI=1S/3C15H12O2.C7H6O2.Eu.K/c3*16-14(12-7-3-1-4-8-12)11-15(17)13-9-5-2-6-10-13;8-7(9)6-4-2-1-3-5-6;;/h3*1-11,16H;1-5H,(H,8,9);;/q;;;;+3;+1/p-4/b3*14-11-;;;. The van der Waals surface area contributed by atoms with Gasteiger partial charge in [-0.05, 0) is 40.5 Å². The van der Waals surface area contributed by atoms with Crippen LogP contribution in [0.4, 0.5) is 0 Å². The molecule has 7 aromatic carbocycles. The van der Waals surface area contributed by atoms with Gasteiger partial charge in [0.1, 0.15) is 0 Å². The fourth-order valence-electron chi connectivity index (χ4n) is 5.05. The van der Waals surface area contributed by atoms with Crippen molar-refractivity contribution in [1.29, 1.82) is 0 Å². The van der Waals surface area contributed by atoms with Crippen molar-refractivity contribution in [3.8, 4) is 0 Å². The molecule has 0 N–H and O–H groups in total. The van der Waals surface area contributed by atoms with E-state index in [2.05, 4.69) is 0 Å². The SMILES string of the molecule is O=C(/C=C(\[O-])c1ccccc1)c1ccccc1.O=C(/C=C(\[O-])c1ccccc1)c1ccccc1.O=C(/C=C(\[O-])c1ccccc1)c1ccccc1.O=C([O-])c1ccccc1.[Eu+3].[K+]. The van der Waals surface area contributed by atoms with E-state index < -0.39 is 5.97 Å². The normalized spacial score (nSPS) is 10.5. The van der Waals surface area contributed by atoms with Gasteiger partial charge in [0.15, 0.2) is 17.3 Å². The number of aromatic carboxylic acids is 1. The molecule has 0 radical (unpaired) electrons. The van der Waals surface area contributed by atoms with Crippen LogP contribution in [0.1, 0.15) is 58.1 Å². The van der Waals surface area contributed by atoms with Crippen molar-refractivity contribution < 1.29 is 140 Å². The maximum Gasteiger partial charge on any atom is 3.00 e. The summed E-state index contributed by atoms with van der Waals surface area (Å²) in [7, 11) is 0. The van der Waals surface area contributed by atoms with Gasteiger partial charge in [0.2, 0.25) is 0 Å². The first-order chi connectivity index (χ1) is 29.1. The number of allylic oxidation sites excluding steroid dienone is 3. The second kappa shape index (κ2) is 30.0. The van der Waals surface area contributed by atoms with E-state index in [9.17, 15) is 39.6 Å². The van der Waals surface area contributed by atoms with Crippen LogP contribution in [0.5, 0.6) is 0 Å². The van der Waals surface area contributed by atoms with Crippen LogP contribution in [0.2, 0.25) is 0 Å². The van der Waals surface area contributed by atoms with Crippen LogP contribution in [0.25, 0.3) is 17.3 Å². The molecule has 0 aliphatic rings. The zero-order valence-corrected chi connectivity index (χ0v) is 39.1. The van der Waals surface area contributed by atoms with Gasteiger partial charge in [-0.1, -0.05) is 230 Å². The molecule has 0 heterocycles. The van der Waals surface area contributed by atoms with Gasteiger partial charge >= 0.3 is 101 Å². The third-order valence-corrected chi connectivity index (χ3v) is 8.15. The van der Waals surface area contributed by atoms with Gasteiger partial charge in [-0.2, -0.15) is 0 Å². The van der Waals surface area contributed by atoms with Crippen LogP contribution < -0.4 is 71.8 Å². The van der Waals surface area contributed by atoms with E-state index in [0.717, 1.165) is 18.2 Å². The van der Waals surface area contributed by atoms with E-state index in [4.69, 9.17) is 0 Å². The molecule has 0 fully saturated rings. The average Bonchev–Trinajstić information content (AvgIpc) is 3.31. The summed E-state index contributed by atoms with van der Waals surface area (Å²) < 4.78 is 0. The summed E-state index contributed by atoms with van der Waals surface area (Å²) in [6, 6.07) is 60.6. The van der Waals surface area contributed by atoms with E-state index in [1.54, 1.807) is 164 Å². The number of hydrogen-bond donors (Lipinski definition) is 0. The molecule has 0 aliphatic carbocycles. The second-order valence-electron chi connectivity index (χ2n) is 12.5. The number of carbonyl (C=O) groups is 4. The van der Waals surface area contributed by atoms with Crippen molar-refractivity contribution in [1.82, 2.24) is 0 Å². The fraction of sp³-hybridized carbons (Fsp3) is 0. The van der Waals surface area contributed by atoms with Crippen LogP contribution in [-0.2, 0) is 0 Å². The number of carboxylic acid groups (broad SMARTS) is 1. The maximum absolute atomic E-state index is 11.8. The minimum absolute atomic E-state index is 0. The van der Waals surface area contributed by atoms with E-state index in [1.165, 1.54) is 12.1 Å². The first-order valence-electron chi connectivity index (χ1n) is 18.5. The van der Waals surface area contributed by atoms with Crippen LogP contribution in [0.15, 0.2) is 231 Å². The van der Waals surface area contributed by atoms with Crippen molar-refractivity contribution in [3.05, 3.63) is 269 Å². The van der Waals surface area contributed by atoms with E-state index in [1.807, 2.05) is 36.4 Å². The molecule has 0 aliphatic heterocycles. The van der Waals surface area contributed by atoms with Crippen LogP contribution in [0.3, 0.4) is 0 Å². The van der Waals surface area contributed by atoms with E-state index >= 15 is 0 Å². The van der Waals surface area contributed by atoms with Crippen LogP contribution in [0, 0.1) is 49.4 Å². The summed E-state index contributed by atoms with van der Waals surface area (Å²) in [5, 5.41) is 45.3. The molecule has 0 atom stereocenters. The van der Waals surface area contributed by atoms with Crippen molar-refractivity contribution in [2.24, 2.45) is 0 Å². The summed E-state index contributed by atoms with van der Waals surface area (Å²) in [6.07, 6.45) is 3.39.